The van der Waals surface area contributed by atoms with Gasteiger partial charge in [0, 0.05) is 42.2 Å². The van der Waals surface area contributed by atoms with E-state index in [0.29, 0.717) is 36.9 Å². The average molecular weight is 422 g/mol. The predicted molar refractivity (Wildman–Crippen MR) is 124 cm³/mol. The lowest BCUT2D eigenvalue weighted by atomic mass is 9.96. The topological polar surface area (TPSA) is 117 Å². The molecule has 0 radical (unpaired) electrons. The molecule has 2 aromatic carbocycles. The van der Waals surface area contributed by atoms with E-state index in [1.165, 1.54) is 0 Å². The van der Waals surface area contributed by atoms with Crippen LogP contribution in [0, 0.1) is 0 Å². The number of nitrogens with two attached hydrogens (primary N) is 2. The number of nitrogens with zero attached hydrogens (tertiary/aromatic N) is 4. The molecule has 0 spiro atoms. The highest BCUT2D eigenvalue weighted by atomic mass is 16.5. The van der Waals surface area contributed by atoms with Crippen LogP contribution in [0.2, 0.25) is 0 Å². The summed E-state index contributed by atoms with van der Waals surface area (Å²) in [5.74, 6) is 0.925. The van der Waals surface area contributed by atoms with Crippen LogP contribution in [0.3, 0.4) is 0 Å². The summed E-state index contributed by atoms with van der Waals surface area (Å²) in [5, 5.41) is 4.97. The van der Waals surface area contributed by atoms with Crippen molar-refractivity contribution in [3.63, 3.8) is 0 Å². The molecule has 5 aromatic rings. The van der Waals surface area contributed by atoms with Crippen LogP contribution in [0.25, 0.3) is 44.8 Å². The zero-order chi connectivity index (χ0) is 21.9. The first-order valence-electron chi connectivity index (χ1n) is 10.4. The number of pyridine rings is 2. The van der Waals surface area contributed by atoms with E-state index < -0.39 is 0 Å². The standard InChI is InChI=1S/C25H22N6O/c26-12-10-22-30-25(31-32-22)24-20-14-19(17-4-2-1-3-5-17)23(29-21(20)11-13-28-24)18-8-6-16(15-27)7-9-18/h1-9,11,13-14H,10,12,15,26-27H2. The second-order valence-electron chi connectivity index (χ2n) is 7.43. The fourth-order valence-electron chi connectivity index (χ4n) is 3.71. The van der Waals surface area contributed by atoms with Crippen molar-refractivity contribution in [1.29, 1.82) is 0 Å². The molecule has 0 atom stereocenters. The monoisotopic (exact) mass is 422 g/mol. The van der Waals surface area contributed by atoms with Gasteiger partial charge >= 0.3 is 0 Å². The van der Waals surface area contributed by atoms with Gasteiger partial charge in [-0.3, -0.25) is 4.98 Å². The molecule has 0 aliphatic carbocycles. The molecular weight excluding hydrogens is 400 g/mol. The van der Waals surface area contributed by atoms with Crippen molar-refractivity contribution in [3.8, 4) is 33.9 Å². The molecule has 0 aliphatic rings. The van der Waals surface area contributed by atoms with Crippen LogP contribution in [-0.2, 0) is 13.0 Å². The molecule has 0 unspecified atom stereocenters. The van der Waals surface area contributed by atoms with Gasteiger partial charge in [-0.2, -0.15) is 4.98 Å². The first-order valence-corrected chi connectivity index (χ1v) is 10.4. The molecule has 32 heavy (non-hydrogen) atoms. The largest absolute Gasteiger partial charge is 0.339 e. The number of hydrogen-bond acceptors (Lipinski definition) is 7. The second kappa shape index (κ2) is 8.66. The van der Waals surface area contributed by atoms with E-state index in [9.17, 15) is 0 Å². The second-order valence-corrected chi connectivity index (χ2v) is 7.43. The summed E-state index contributed by atoms with van der Waals surface area (Å²) < 4.78 is 5.33. The van der Waals surface area contributed by atoms with Crippen molar-refractivity contribution in [1.82, 2.24) is 20.1 Å². The van der Waals surface area contributed by atoms with E-state index in [2.05, 4.69) is 45.5 Å². The summed E-state index contributed by atoms with van der Waals surface area (Å²) in [7, 11) is 0. The maximum absolute atomic E-state index is 5.78. The molecule has 5 rings (SSSR count). The van der Waals surface area contributed by atoms with Crippen molar-refractivity contribution in [2.75, 3.05) is 6.54 Å². The first-order chi connectivity index (χ1) is 15.8. The van der Waals surface area contributed by atoms with Crippen molar-refractivity contribution in [2.24, 2.45) is 11.5 Å². The van der Waals surface area contributed by atoms with E-state index in [-0.39, 0.29) is 0 Å². The number of benzene rings is 2. The van der Waals surface area contributed by atoms with Crippen molar-refractivity contribution >= 4 is 10.9 Å². The van der Waals surface area contributed by atoms with Gasteiger partial charge in [0.15, 0.2) is 0 Å². The van der Waals surface area contributed by atoms with Gasteiger partial charge in [-0.05, 0) is 23.3 Å². The van der Waals surface area contributed by atoms with Gasteiger partial charge < -0.3 is 16.0 Å². The highest BCUT2D eigenvalue weighted by Gasteiger charge is 2.17. The number of aromatic nitrogens is 4. The Morgan fingerprint density at radius 3 is 2.38 bits per heavy atom. The van der Waals surface area contributed by atoms with Crippen LogP contribution in [-0.4, -0.2) is 26.7 Å². The van der Waals surface area contributed by atoms with E-state index in [0.717, 1.165) is 38.9 Å². The summed E-state index contributed by atoms with van der Waals surface area (Å²) in [6.07, 6.45) is 2.24. The third-order valence-corrected chi connectivity index (χ3v) is 5.33. The van der Waals surface area contributed by atoms with Gasteiger partial charge in [-0.15, -0.1) is 0 Å². The zero-order valence-electron chi connectivity index (χ0n) is 17.4. The number of hydrogen-bond donors (Lipinski definition) is 2. The van der Waals surface area contributed by atoms with E-state index in [1.54, 1.807) is 6.20 Å². The lowest BCUT2D eigenvalue weighted by Gasteiger charge is -2.13. The Morgan fingerprint density at radius 1 is 0.812 bits per heavy atom. The van der Waals surface area contributed by atoms with Crippen molar-refractivity contribution in [2.45, 2.75) is 13.0 Å². The van der Waals surface area contributed by atoms with Gasteiger partial charge in [-0.1, -0.05) is 59.8 Å². The summed E-state index contributed by atoms with van der Waals surface area (Å²) >= 11 is 0. The summed E-state index contributed by atoms with van der Waals surface area (Å²) in [5.41, 5.74) is 17.9. The fourth-order valence-corrected chi connectivity index (χ4v) is 3.71. The van der Waals surface area contributed by atoms with E-state index >= 15 is 0 Å². The highest BCUT2D eigenvalue weighted by molar-refractivity contribution is 5.97. The zero-order valence-corrected chi connectivity index (χ0v) is 17.4. The number of rotatable bonds is 6. The molecule has 0 aliphatic heterocycles. The molecule has 3 heterocycles. The molecule has 3 aromatic heterocycles. The SMILES string of the molecule is NCCc1nc(-c2nccc3nc(-c4ccc(CN)cc4)c(-c4ccccc4)cc23)no1. The molecular formula is C25H22N6O. The fraction of sp³-hybridized carbons (Fsp3) is 0.120. The molecule has 0 saturated carbocycles. The summed E-state index contributed by atoms with van der Waals surface area (Å²) in [6, 6.07) is 22.4. The minimum Gasteiger partial charge on any atom is -0.339 e. The molecule has 7 nitrogen and oxygen atoms in total. The molecule has 0 amide bonds. The maximum atomic E-state index is 5.78. The lowest BCUT2D eigenvalue weighted by molar-refractivity contribution is 0.380. The predicted octanol–water partition coefficient (Wildman–Crippen LogP) is 3.97. The van der Waals surface area contributed by atoms with Gasteiger partial charge in [0.2, 0.25) is 11.7 Å². The van der Waals surface area contributed by atoms with Crippen LogP contribution < -0.4 is 11.5 Å². The maximum Gasteiger partial charge on any atom is 0.228 e. The minimum absolute atomic E-state index is 0.430. The summed E-state index contributed by atoms with van der Waals surface area (Å²) in [4.78, 5) is 14.0. The minimum atomic E-state index is 0.430. The molecule has 0 fully saturated rings. The smallest absolute Gasteiger partial charge is 0.228 e. The third-order valence-electron chi connectivity index (χ3n) is 5.33. The van der Waals surface area contributed by atoms with Gasteiger partial charge in [0.25, 0.3) is 0 Å². The summed E-state index contributed by atoms with van der Waals surface area (Å²) in [6.45, 7) is 0.944. The lowest BCUT2D eigenvalue weighted by Crippen LogP contribution is -2.02. The number of fused-ring (bicyclic) bond motifs is 1. The quantitative estimate of drug-likeness (QED) is 0.425. The van der Waals surface area contributed by atoms with Gasteiger partial charge in [0.1, 0.15) is 5.69 Å². The Bertz CT molecular complexity index is 1360. The van der Waals surface area contributed by atoms with Crippen LogP contribution in [0.1, 0.15) is 11.5 Å². The molecule has 0 bridgehead atoms. The van der Waals surface area contributed by atoms with Crippen LogP contribution in [0.15, 0.2) is 77.4 Å². The average Bonchev–Trinajstić information content (AvgIpc) is 3.32. The molecule has 0 saturated heterocycles. The molecule has 7 heteroatoms. The Hall–Kier alpha value is -3.94. The van der Waals surface area contributed by atoms with E-state index in [1.807, 2.05) is 36.4 Å². The molecule has 158 valence electrons. The molecule has 4 N–H and O–H groups in total. The van der Waals surface area contributed by atoms with Crippen molar-refractivity contribution < 1.29 is 4.52 Å². The van der Waals surface area contributed by atoms with Crippen LogP contribution in [0.5, 0.6) is 0 Å². The Kier molecular flexibility index (Phi) is 5.41. The van der Waals surface area contributed by atoms with E-state index in [4.69, 9.17) is 21.0 Å². The highest BCUT2D eigenvalue weighted by Crippen LogP contribution is 2.35. The normalized spacial score (nSPS) is 11.2. The van der Waals surface area contributed by atoms with Crippen LogP contribution in [0.4, 0.5) is 0 Å². The Labute approximate surface area is 185 Å². The first kappa shape index (κ1) is 20.0. The van der Waals surface area contributed by atoms with Crippen LogP contribution >= 0.6 is 0 Å². The van der Waals surface area contributed by atoms with Gasteiger partial charge in [0.05, 0.1) is 11.2 Å². The Balaban J connectivity index is 1.73. The van der Waals surface area contributed by atoms with Gasteiger partial charge in [-0.25, -0.2) is 4.98 Å². The van der Waals surface area contributed by atoms with Crippen molar-refractivity contribution in [3.05, 3.63) is 84.4 Å². The Morgan fingerprint density at radius 2 is 1.62 bits per heavy atom. The third kappa shape index (κ3) is 3.75.